The molecule has 0 aromatic rings. The van der Waals surface area contributed by atoms with Crippen LogP contribution < -0.4 is 0 Å². The van der Waals surface area contributed by atoms with Gasteiger partial charge in [0, 0.05) is 13.1 Å². The molecule has 3 aliphatic rings. The van der Waals surface area contributed by atoms with E-state index in [0.717, 1.165) is 25.9 Å². The predicted octanol–water partition coefficient (Wildman–Crippen LogP) is 1.05. The zero-order chi connectivity index (χ0) is 10.8. The highest BCUT2D eigenvalue weighted by molar-refractivity contribution is 5.90. The van der Waals surface area contributed by atoms with E-state index in [2.05, 4.69) is 6.07 Å². The van der Waals surface area contributed by atoms with E-state index in [1.165, 1.54) is 0 Å². The van der Waals surface area contributed by atoms with Crippen LogP contribution in [-0.2, 0) is 9.53 Å². The monoisotopic (exact) mass is 206 g/mol. The lowest BCUT2D eigenvalue weighted by Crippen LogP contribution is -2.43. The van der Waals surface area contributed by atoms with Gasteiger partial charge in [0.2, 0.25) is 0 Å². The maximum Gasteiger partial charge on any atom is 0.355 e. The number of carbonyl (C=O) groups is 1. The first-order valence-electron chi connectivity index (χ1n) is 5.34. The second kappa shape index (κ2) is 3.93. The van der Waals surface area contributed by atoms with E-state index in [0.29, 0.717) is 17.9 Å². The van der Waals surface area contributed by atoms with Crippen LogP contribution in [0.15, 0.2) is 11.3 Å². The molecule has 1 saturated heterocycles. The van der Waals surface area contributed by atoms with Crippen molar-refractivity contribution in [2.24, 2.45) is 5.92 Å². The molecule has 3 heterocycles. The van der Waals surface area contributed by atoms with Gasteiger partial charge in [-0.3, -0.25) is 0 Å². The summed E-state index contributed by atoms with van der Waals surface area (Å²) in [5.41, 5.74) is 1.15. The molecule has 4 heteroatoms. The molecule has 0 saturated carbocycles. The first kappa shape index (κ1) is 10.0. The Balaban J connectivity index is 2.33. The number of allylic oxidation sites excluding steroid dienone is 1. The van der Waals surface area contributed by atoms with Gasteiger partial charge in [-0.05, 0) is 25.7 Å². The number of esters is 1. The zero-order valence-electron chi connectivity index (χ0n) is 8.82. The molecule has 0 aromatic carbocycles. The largest absolute Gasteiger partial charge is 0.461 e. The SMILES string of the molecule is CCOC(=O)C1=C(C#N)C2CCN1CC2. The van der Waals surface area contributed by atoms with E-state index in [4.69, 9.17) is 10.00 Å². The first-order chi connectivity index (χ1) is 7.27. The molecule has 2 bridgehead atoms. The minimum absolute atomic E-state index is 0.277. The summed E-state index contributed by atoms with van der Waals surface area (Å²) in [7, 11) is 0. The number of nitriles is 1. The number of hydrogen-bond donors (Lipinski definition) is 0. The van der Waals surface area contributed by atoms with Gasteiger partial charge in [0.1, 0.15) is 5.70 Å². The Kier molecular flexibility index (Phi) is 2.63. The molecule has 80 valence electrons. The summed E-state index contributed by atoms with van der Waals surface area (Å²) in [4.78, 5) is 13.7. The molecule has 0 unspecified atom stereocenters. The summed E-state index contributed by atoms with van der Waals surface area (Å²) in [5.74, 6) is -0.0575. The molecule has 1 fully saturated rings. The minimum Gasteiger partial charge on any atom is -0.461 e. The molecule has 0 aliphatic carbocycles. The third-order valence-corrected chi connectivity index (χ3v) is 3.06. The molecule has 4 nitrogen and oxygen atoms in total. The second-order valence-electron chi connectivity index (χ2n) is 3.86. The lowest BCUT2D eigenvalue weighted by atomic mass is 9.83. The molecule has 0 N–H and O–H groups in total. The van der Waals surface area contributed by atoms with E-state index >= 15 is 0 Å². The van der Waals surface area contributed by atoms with Crippen molar-refractivity contribution < 1.29 is 9.53 Å². The normalized spacial score (nSPS) is 20.4. The Morgan fingerprint density at radius 1 is 1.60 bits per heavy atom. The minimum atomic E-state index is -0.335. The molecular formula is C11H14N2O2. The highest BCUT2D eigenvalue weighted by atomic mass is 16.5. The average Bonchev–Trinajstić information content (AvgIpc) is 2.29. The van der Waals surface area contributed by atoms with E-state index in [1.54, 1.807) is 6.92 Å². The maximum atomic E-state index is 11.7. The summed E-state index contributed by atoms with van der Waals surface area (Å²) in [6, 6.07) is 2.16. The van der Waals surface area contributed by atoms with Gasteiger partial charge in [0.25, 0.3) is 0 Å². The van der Waals surface area contributed by atoms with Gasteiger partial charge in [-0.15, -0.1) is 0 Å². The van der Waals surface area contributed by atoms with Crippen molar-refractivity contribution in [1.29, 1.82) is 5.26 Å². The van der Waals surface area contributed by atoms with Crippen LogP contribution in [0.3, 0.4) is 0 Å². The predicted molar refractivity (Wildman–Crippen MR) is 53.6 cm³/mol. The third-order valence-electron chi connectivity index (χ3n) is 3.06. The average molecular weight is 206 g/mol. The van der Waals surface area contributed by atoms with Crippen molar-refractivity contribution >= 4 is 5.97 Å². The van der Waals surface area contributed by atoms with E-state index in [-0.39, 0.29) is 11.9 Å². The third kappa shape index (κ3) is 1.58. The first-order valence-corrected chi connectivity index (χ1v) is 5.34. The Bertz CT molecular complexity index is 346. The van der Waals surface area contributed by atoms with Gasteiger partial charge in [-0.25, -0.2) is 4.79 Å². The summed E-state index contributed by atoms with van der Waals surface area (Å²) in [5, 5.41) is 9.06. The van der Waals surface area contributed by atoms with E-state index in [9.17, 15) is 4.79 Å². The number of fused-ring (bicyclic) bond motifs is 2. The summed E-state index contributed by atoms with van der Waals surface area (Å²) in [6.45, 7) is 3.90. The van der Waals surface area contributed by atoms with E-state index < -0.39 is 0 Å². The molecular weight excluding hydrogens is 192 g/mol. The maximum absolute atomic E-state index is 11.7. The van der Waals surface area contributed by atoms with Gasteiger partial charge < -0.3 is 9.64 Å². The van der Waals surface area contributed by atoms with Gasteiger partial charge in [-0.1, -0.05) is 0 Å². The second-order valence-corrected chi connectivity index (χ2v) is 3.86. The number of ether oxygens (including phenoxy) is 1. The Morgan fingerprint density at radius 3 is 2.80 bits per heavy atom. The van der Waals surface area contributed by atoms with Gasteiger partial charge in [0.15, 0.2) is 0 Å². The Morgan fingerprint density at radius 2 is 2.27 bits per heavy atom. The number of nitrogens with zero attached hydrogens (tertiary/aromatic N) is 2. The molecule has 3 aliphatic heterocycles. The molecule has 15 heavy (non-hydrogen) atoms. The molecule has 0 radical (unpaired) electrons. The van der Waals surface area contributed by atoms with Crippen molar-refractivity contribution in [3.8, 4) is 6.07 Å². The lowest BCUT2D eigenvalue weighted by molar-refractivity contribution is -0.141. The van der Waals surface area contributed by atoms with Crippen LogP contribution in [0.1, 0.15) is 19.8 Å². The fraction of sp³-hybridized carbons (Fsp3) is 0.636. The van der Waals surface area contributed by atoms with Crippen molar-refractivity contribution in [2.75, 3.05) is 19.7 Å². The fourth-order valence-electron chi connectivity index (χ4n) is 2.34. The fourth-order valence-corrected chi connectivity index (χ4v) is 2.34. The van der Waals surface area contributed by atoms with Crippen molar-refractivity contribution in [1.82, 2.24) is 4.90 Å². The van der Waals surface area contributed by atoms with Gasteiger partial charge in [-0.2, -0.15) is 5.26 Å². The standard InChI is InChI=1S/C11H14N2O2/c1-2-15-11(14)10-9(7-12)8-3-5-13(10)6-4-8/h8H,2-6H2,1H3. The quantitative estimate of drug-likeness (QED) is 0.634. The van der Waals surface area contributed by atoms with Crippen molar-refractivity contribution in [3.05, 3.63) is 11.3 Å². The van der Waals surface area contributed by atoms with Crippen molar-refractivity contribution in [3.63, 3.8) is 0 Å². The molecule has 0 spiro atoms. The van der Waals surface area contributed by atoms with Gasteiger partial charge in [0.05, 0.1) is 18.2 Å². The van der Waals surface area contributed by atoms with Crippen LogP contribution in [0.5, 0.6) is 0 Å². The Hall–Kier alpha value is -1.50. The summed E-state index contributed by atoms with van der Waals surface area (Å²) >= 11 is 0. The van der Waals surface area contributed by atoms with Crippen LogP contribution in [0.2, 0.25) is 0 Å². The highest BCUT2D eigenvalue weighted by Crippen LogP contribution is 2.35. The molecule has 0 atom stereocenters. The summed E-state index contributed by atoms with van der Waals surface area (Å²) < 4.78 is 4.98. The highest BCUT2D eigenvalue weighted by Gasteiger charge is 2.37. The molecule has 3 rings (SSSR count). The van der Waals surface area contributed by atoms with Crippen LogP contribution in [0, 0.1) is 17.2 Å². The molecule has 0 amide bonds. The lowest BCUT2D eigenvalue weighted by Gasteiger charge is -2.40. The number of piperidine rings is 1. The number of hydrogen-bond acceptors (Lipinski definition) is 4. The Labute approximate surface area is 89.1 Å². The number of carbonyl (C=O) groups excluding carboxylic acids is 1. The van der Waals surface area contributed by atoms with Crippen LogP contribution in [0.25, 0.3) is 0 Å². The zero-order valence-corrected chi connectivity index (χ0v) is 8.82. The van der Waals surface area contributed by atoms with E-state index in [1.807, 2.05) is 4.90 Å². The molecule has 0 aromatic heterocycles. The topological polar surface area (TPSA) is 53.3 Å². The van der Waals surface area contributed by atoms with Crippen LogP contribution in [0.4, 0.5) is 0 Å². The van der Waals surface area contributed by atoms with Crippen LogP contribution >= 0.6 is 0 Å². The summed E-state index contributed by atoms with van der Waals surface area (Å²) in [6.07, 6.45) is 1.98. The van der Waals surface area contributed by atoms with Crippen molar-refractivity contribution in [2.45, 2.75) is 19.8 Å². The van der Waals surface area contributed by atoms with Gasteiger partial charge >= 0.3 is 5.97 Å². The smallest absolute Gasteiger partial charge is 0.355 e. The van der Waals surface area contributed by atoms with Crippen LogP contribution in [-0.4, -0.2) is 30.6 Å². The number of rotatable bonds is 2.